The van der Waals surface area contributed by atoms with Gasteiger partial charge in [-0.25, -0.2) is 4.79 Å². The van der Waals surface area contributed by atoms with Gasteiger partial charge in [-0.15, -0.1) is 0 Å². The summed E-state index contributed by atoms with van der Waals surface area (Å²) in [6, 6.07) is 4.62. The van der Waals surface area contributed by atoms with Crippen LogP contribution >= 0.6 is 11.8 Å². The van der Waals surface area contributed by atoms with E-state index in [2.05, 4.69) is 73.7 Å². The minimum atomic E-state index is -2.05. The number of thioether (sulfide) groups is 1. The fourth-order valence-corrected chi connectivity index (χ4v) is 7.78. The quantitative estimate of drug-likeness (QED) is 0.338. The van der Waals surface area contributed by atoms with E-state index in [-0.39, 0.29) is 23.3 Å². The van der Waals surface area contributed by atoms with Crippen LogP contribution in [0.2, 0.25) is 18.1 Å². The molecule has 200 valence electrons. The van der Waals surface area contributed by atoms with E-state index in [0.717, 1.165) is 25.0 Å². The summed E-state index contributed by atoms with van der Waals surface area (Å²) in [4.78, 5) is 15.2. The number of ether oxygens (including phenoxy) is 1. The Balaban J connectivity index is 2.38. The lowest BCUT2D eigenvalue weighted by Gasteiger charge is -2.48. The molecule has 0 N–H and O–H groups in total. The van der Waals surface area contributed by atoms with Crippen molar-refractivity contribution in [3.05, 3.63) is 34.4 Å². The number of likely N-dealkylation sites (N-methyl/N-ethyl adjacent to an activating group) is 1. The van der Waals surface area contributed by atoms with E-state index in [0.29, 0.717) is 11.8 Å². The maximum absolute atomic E-state index is 13.3. The lowest BCUT2D eigenvalue weighted by molar-refractivity contribution is -0.0102. The molecule has 1 aliphatic rings. The molecule has 1 amide bonds. The van der Waals surface area contributed by atoms with E-state index >= 15 is 0 Å². The molecular formula is C29H51NO3SSi. The van der Waals surface area contributed by atoms with Gasteiger partial charge in [-0.3, -0.25) is 0 Å². The molecule has 0 heterocycles. The molecule has 4 nitrogen and oxygen atoms in total. The van der Waals surface area contributed by atoms with Crippen LogP contribution in [-0.2, 0) is 14.9 Å². The maximum Gasteiger partial charge on any atom is 0.410 e. The number of hydrogen-bond donors (Lipinski definition) is 0. The van der Waals surface area contributed by atoms with E-state index in [1.54, 1.807) is 0 Å². The Morgan fingerprint density at radius 1 is 1.06 bits per heavy atom. The van der Waals surface area contributed by atoms with Gasteiger partial charge < -0.3 is 14.1 Å². The van der Waals surface area contributed by atoms with Gasteiger partial charge in [0.25, 0.3) is 0 Å². The average Bonchev–Trinajstić information content (AvgIpc) is 2.67. The highest BCUT2D eigenvalue weighted by Crippen LogP contribution is 2.43. The number of carbonyl (C=O) groups is 1. The summed E-state index contributed by atoms with van der Waals surface area (Å²) in [5.74, 6) is 0.977. The second-order valence-corrected chi connectivity index (χ2v) is 18.8. The molecule has 0 aromatic heterocycles. The summed E-state index contributed by atoms with van der Waals surface area (Å²) in [6.07, 6.45) is 2.98. The lowest BCUT2D eigenvalue weighted by atomic mass is 9.91. The Morgan fingerprint density at radius 2 is 1.63 bits per heavy atom. The first-order valence-electron chi connectivity index (χ1n) is 13.3. The second-order valence-electron chi connectivity index (χ2n) is 12.8. The van der Waals surface area contributed by atoms with E-state index in [4.69, 9.17) is 9.16 Å². The first-order valence-corrected chi connectivity index (χ1v) is 17.3. The fourth-order valence-electron chi connectivity index (χ4n) is 4.73. The Kier molecular flexibility index (Phi) is 10.0. The molecule has 1 fully saturated rings. The van der Waals surface area contributed by atoms with Crippen molar-refractivity contribution in [3.63, 3.8) is 0 Å². The molecule has 0 bridgehead atoms. The molecule has 0 saturated heterocycles. The third-order valence-corrected chi connectivity index (χ3v) is 13.5. The van der Waals surface area contributed by atoms with Gasteiger partial charge in [0, 0.05) is 17.5 Å². The summed E-state index contributed by atoms with van der Waals surface area (Å²) in [5, 5.41) is 0.455. The van der Waals surface area contributed by atoms with Crippen molar-refractivity contribution in [3.8, 4) is 0 Å². The van der Waals surface area contributed by atoms with Crippen LogP contribution in [0, 0.1) is 20.8 Å². The summed E-state index contributed by atoms with van der Waals surface area (Å²) in [6.45, 7) is 26.7. The van der Waals surface area contributed by atoms with Crippen LogP contribution in [0.15, 0.2) is 12.1 Å². The van der Waals surface area contributed by atoms with Crippen molar-refractivity contribution >= 4 is 26.2 Å². The first-order chi connectivity index (χ1) is 16.0. The molecule has 1 aromatic rings. The third-order valence-electron chi connectivity index (χ3n) is 7.62. The maximum atomic E-state index is 13.3. The van der Waals surface area contributed by atoms with Crippen molar-refractivity contribution in [2.24, 2.45) is 0 Å². The van der Waals surface area contributed by atoms with Gasteiger partial charge in [-0.1, -0.05) is 44.9 Å². The van der Waals surface area contributed by atoms with E-state index in [1.165, 1.54) is 22.3 Å². The standard InChI is InChI=1S/C29H51NO3SSi/c1-13-30(27(31)32-28(5,6)7)24-15-14-16-25(26(24)33-35(11,12)29(8,9)10)34-19-23-21(3)17-20(2)18-22(23)4/h17-18,24-26H,13-16,19H2,1-12H3/t24-,25-,26-/m1/s1. The molecule has 0 radical (unpaired) electrons. The van der Waals surface area contributed by atoms with Crippen LogP contribution in [0.25, 0.3) is 0 Å². The molecule has 2 rings (SSSR count). The van der Waals surface area contributed by atoms with Gasteiger partial charge in [0.15, 0.2) is 8.32 Å². The van der Waals surface area contributed by atoms with Gasteiger partial charge >= 0.3 is 6.09 Å². The highest BCUT2D eigenvalue weighted by atomic mass is 32.2. The van der Waals surface area contributed by atoms with Crippen LogP contribution < -0.4 is 0 Å². The number of carbonyl (C=O) groups excluding carboxylic acids is 1. The molecule has 3 atom stereocenters. The number of benzene rings is 1. The average molecular weight is 522 g/mol. The minimum absolute atomic E-state index is 0.00757. The summed E-state index contributed by atoms with van der Waals surface area (Å²) >= 11 is 2.02. The Labute approximate surface area is 221 Å². The molecule has 0 unspecified atom stereocenters. The zero-order chi connectivity index (χ0) is 26.8. The number of hydrogen-bond acceptors (Lipinski definition) is 4. The number of nitrogens with zero attached hydrogens (tertiary/aromatic N) is 1. The lowest BCUT2D eigenvalue weighted by Crippen LogP contribution is -2.58. The Hall–Kier alpha value is -0.983. The van der Waals surface area contributed by atoms with Gasteiger partial charge in [-0.05, 0) is 96.1 Å². The Morgan fingerprint density at radius 3 is 2.11 bits per heavy atom. The second kappa shape index (κ2) is 11.6. The molecule has 1 aliphatic carbocycles. The van der Waals surface area contributed by atoms with Crippen LogP contribution in [-0.4, -0.2) is 48.9 Å². The van der Waals surface area contributed by atoms with Crippen LogP contribution in [0.4, 0.5) is 4.79 Å². The van der Waals surface area contributed by atoms with Crippen molar-refractivity contribution in [1.82, 2.24) is 4.90 Å². The normalized spacial score (nSPS) is 21.7. The predicted octanol–water partition coefficient (Wildman–Crippen LogP) is 8.41. The highest BCUT2D eigenvalue weighted by Gasteiger charge is 2.46. The molecular weight excluding hydrogens is 470 g/mol. The van der Waals surface area contributed by atoms with Gasteiger partial charge in [0.1, 0.15) is 5.60 Å². The van der Waals surface area contributed by atoms with Gasteiger partial charge in [0.05, 0.1) is 12.1 Å². The topological polar surface area (TPSA) is 38.8 Å². The smallest absolute Gasteiger partial charge is 0.410 e. The third kappa shape index (κ3) is 8.00. The van der Waals surface area contributed by atoms with E-state index < -0.39 is 13.9 Å². The zero-order valence-electron chi connectivity index (χ0n) is 24.5. The van der Waals surface area contributed by atoms with E-state index in [9.17, 15) is 4.79 Å². The molecule has 35 heavy (non-hydrogen) atoms. The molecule has 0 aliphatic heterocycles. The largest absolute Gasteiger partial charge is 0.444 e. The van der Waals surface area contributed by atoms with Gasteiger partial charge in [0.2, 0.25) is 0 Å². The fraction of sp³-hybridized carbons (Fsp3) is 0.759. The molecule has 1 saturated carbocycles. The molecule has 0 spiro atoms. The van der Waals surface area contributed by atoms with Crippen LogP contribution in [0.3, 0.4) is 0 Å². The van der Waals surface area contributed by atoms with Crippen LogP contribution in [0.1, 0.15) is 90.0 Å². The highest BCUT2D eigenvalue weighted by molar-refractivity contribution is 7.99. The summed E-state index contributed by atoms with van der Waals surface area (Å²) in [5.41, 5.74) is 4.99. The summed E-state index contributed by atoms with van der Waals surface area (Å²) < 4.78 is 13.0. The van der Waals surface area contributed by atoms with Crippen molar-refractivity contribution in [2.75, 3.05) is 6.54 Å². The predicted molar refractivity (Wildman–Crippen MR) is 154 cm³/mol. The molecule has 1 aromatic carbocycles. The monoisotopic (exact) mass is 521 g/mol. The zero-order valence-corrected chi connectivity index (χ0v) is 26.3. The Bertz CT molecular complexity index is 849. The first kappa shape index (κ1) is 30.2. The van der Waals surface area contributed by atoms with Crippen molar-refractivity contribution in [1.29, 1.82) is 0 Å². The van der Waals surface area contributed by atoms with E-state index in [1.807, 2.05) is 37.4 Å². The van der Waals surface area contributed by atoms with Crippen LogP contribution in [0.5, 0.6) is 0 Å². The molecule has 6 heteroatoms. The SMILES string of the molecule is CCN(C(=O)OC(C)(C)C)[C@@H]1CCC[C@@H](SCc2c(C)cc(C)cc2C)[C@@H]1O[Si](C)(C)C(C)(C)C. The number of rotatable bonds is 7. The minimum Gasteiger partial charge on any atom is -0.444 e. The number of amides is 1. The van der Waals surface area contributed by atoms with Crippen molar-refractivity contribution < 1.29 is 14.0 Å². The number of aryl methyl sites for hydroxylation is 3. The van der Waals surface area contributed by atoms with Gasteiger partial charge in [-0.2, -0.15) is 11.8 Å². The summed E-state index contributed by atoms with van der Waals surface area (Å²) in [7, 11) is -2.05. The van der Waals surface area contributed by atoms with Crippen molar-refractivity contribution in [2.45, 2.75) is 135 Å².